The number of ether oxygens (including phenoxy) is 1. The van der Waals surface area contributed by atoms with Crippen molar-refractivity contribution >= 4 is 35.2 Å². The van der Waals surface area contributed by atoms with Crippen molar-refractivity contribution in [2.24, 2.45) is 11.3 Å². The highest BCUT2D eigenvalue weighted by Gasteiger charge is 2.60. The van der Waals surface area contributed by atoms with E-state index in [1.165, 1.54) is 23.3 Å². The minimum absolute atomic E-state index is 0.00432. The van der Waals surface area contributed by atoms with E-state index in [2.05, 4.69) is 47.1 Å². The van der Waals surface area contributed by atoms with Gasteiger partial charge in [0.05, 0.1) is 15.8 Å². The van der Waals surface area contributed by atoms with E-state index in [9.17, 15) is 14.0 Å². The van der Waals surface area contributed by atoms with Gasteiger partial charge >= 0.3 is 0 Å². The Morgan fingerprint density at radius 2 is 2.06 bits per heavy atom. The molecule has 0 aromatic heterocycles. The van der Waals surface area contributed by atoms with Crippen LogP contribution in [0.1, 0.15) is 35.8 Å². The summed E-state index contributed by atoms with van der Waals surface area (Å²) < 4.78 is 18.9. The van der Waals surface area contributed by atoms with Crippen LogP contribution in [0.25, 0.3) is 0 Å². The Bertz CT molecular complexity index is 1130. The zero-order chi connectivity index (χ0) is 24.6. The third kappa shape index (κ3) is 5.29. The second-order valence-corrected chi connectivity index (χ2v) is 11.4. The van der Waals surface area contributed by atoms with Gasteiger partial charge in [-0.1, -0.05) is 41.4 Å². The second kappa shape index (κ2) is 9.99. The molecule has 2 amide bonds. The van der Waals surface area contributed by atoms with Crippen molar-refractivity contribution in [3.63, 3.8) is 0 Å². The predicted molar refractivity (Wildman–Crippen MR) is 135 cm³/mol. The number of rotatable bonds is 8. The number of halogens is 2. The summed E-state index contributed by atoms with van der Waals surface area (Å²) in [5, 5.41) is 10.0. The number of aryl methyl sites for hydroxylation is 1. The Morgan fingerprint density at radius 1 is 1.23 bits per heavy atom. The molecule has 4 fully saturated rings. The topological polar surface area (TPSA) is 79.5 Å². The highest BCUT2D eigenvalue weighted by atomic mass is 35.5. The monoisotopic (exact) mass is 517 g/mol. The van der Waals surface area contributed by atoms with Crippen LogP contribution in [-0.4, -0.2) is 42.8 Å². The molecule has 3 saturated carbocycles. The number of thioether (sulfide) groups is 1. The maximum absolute atomic E-state index is 13.5. The van der Waals surface area contributed by atoms with Gasteiger partial charge in [-0.15, -0.1) is 11.8 Å². The number of carbonyl (C=O) groups excluding carboxylic acids is 2. The number of benzene rings is 2. The van der Waals surface area contributed by atoms with Crippen molar-refractivity contribution in [3.8, 4) is 5.75 Å². The third-order valence-electron chi connectivity index (χ3n) is 7.28. The first-order chi connectivity index (χ1) is 16.8. The molecule has 2 aromatic carbocycles. The van der Waals surface area contributed by atoms with Crippen LogP contribution < -0.4 is 20.7 Å². The lowest BCUT2D eigenvalue weighted by atomic mass is 9.69. The maximum atomic E-state index is 13.5. The number of hydrogen-bond donors (Lipinski definition) is 3. The van der Waals surface area contributed by atoms with Crippen LogP contribution in [0.15, 0.2) is 42.5 Å². The summed E-state index contributed by atoms with van der Waals surface area (Å²) in [6, 6.07) is 12.8. The van der Waals surface area contributed by atoms with E-state index in [4.69, 9.17) is 16.3 Å². The smallest absolute Gasteiger partial charge is 0.258 e. The molecule has 0 radical (unpaired) electrons. The van der Waals surface area contributed by atoms with E-state index in [0.29, 0.717) is 18.9 Å². The fourth-order valence-corrected chi connectivity index (χ4v) is 6.85. The first kappa shape index (κ1) is 24.4. The first-order valence-corrected chi connectivity index (χ1v) is 13.3. The van der Waals surface area contributed by atoms with Crippen LogP contribution in [0.3, 0.4) is 0 Å². The molecule has 3 aliphatic carbocycles. The van der Waals surface area contributed by atoms with Gasteiger partial charge in [-0.25, -0.2) is 4.39 Å². The van der Waals surface area contributed by atoms with Crippen LogP contribution >= 0.6 is 23.4 Å². The average molecular weight is 518 g/mol. The van der Waals surface area contributed by atoms with E-state index in [0.717, 1.165) is 24.7 Å². The van der Waals surface area contributed by atoms with Gasteiger partial charge in [0.25, 0.3) is 5.91 Å². The highest BCUT2D eigenvalue weighted by molar-refractivity contribution is 7.99. The zero-order valence-corrected chi connectivity index (χ0v) is 21.1. The van der Waals surface area contributed by atoms with Crippen molar-refractivity contribution < 1.29 is 18.7 Å². The lowest BCUT2D eigenvalue weighted by molar-refractivity contribution is -0.134. The Kier molecular flexibility index (Phi) is 6.97. The molecule has 1 aliphatic heterocycles. The van der Waals surface area contributed by atoms with E-state index in [-0.39, 0.29) is 52.1 Å². The largest absolute Gasteiger partial charge is 0.484 e. The first-order valence-electron chi connectivity index (χ1n) is 11.9. The van der Waals surface area contributed by atoms with E-state index < -0.39 is 5.82 Å². The molecule has 3 N–H and O–H groups in total. The molecule has 1 heterocycles. The summed E-state index contributed by atoms with van der Waals surface area (Å²) in [7, 11) is 0. The van der Waals surface area contributed by atoms with Crippen molar-refractivity contribution in [1.29, 1.82) is 0 Å². The Balaban J connectivity index is 1.05. The Labute approximate surface area is 213 Å². The van der Waals surface area contributed by atoms with Crippen LogP contribution in [0.4, 0.5) is 4.39 Å². The molecule has 6 nitrogen and oxygen atoms in total. The van der Waals surface area contributed by atoms with Crippen molar-refractivity contribution in [2.45, 2.75) is 43.6 Å². The SMILES string of the molecule is Cc1cccc(C2NC(CNC(=O)C34CC(C3)[C@@H](NC(=O)COc3ccc(Cl)c(F)c3)C4)CS2)c1. The summed E-state index contributed by atoms with van der Waals surface area (Å²) in [6.45, 7) is 2.48. The third-order valence-corrected chi connectivity index (χ3v) is 8.92. The highest BCUT2D eigenvalue weighted by Crippen LogP contribution is 2.58. The van der Waals surface area contributed by atoms with Gasteiger partial charge in [0.1, 0.15) is 11.6 Å². The van der Waals surface area contributed by atoms with Gasteiger partial charge in [0, 0.05) is 30.4 Å². The summed E-state index contributed by atoms with van der Waals surface area (Å²) in [5.41, 5.74) is 2.13. The number of fused-ring (bicyclic) bond motifs is 1. The molecule has 4 aliphatic rings. The van der Waals surface area contributed by atoms with Crippen LogP contribution in [0.2, 0.25) is 5.02 Å². The molecule has 2 bridgehead atoms. The number of nitrogens with one attached hydrogen (secondary N) is 3. The van der Waals surface area contributed by atoms with Gasteiger partial charge < -0.3 is 15.4 Å². The Hall–Kier alpha value is -2.29. The van der Waals surface area contributed by atoms with Gasteiger partial charge in [0.2, 0.25) is 5.91 Å². The quantitative estimate of drug-likeness (QED) is 0.494. The summed E-state index contributed by atoms with van der Waals surface area (Å²) in [5.74, 6) is 0.726. The minimum Gasteiger partial charge on any atom is -0.484 e. The maximum Gasteiger partial charge on any atom is 0.258 e. The Morgan fingerprint density at radius 3 is 2.83 bits per heavy atom. The van der Waals surface area contributed by atoms with Crippen molar-refractivity contribution in [1.82, 2.24) is 16.0 Å². The lowest BCUT2D eigenvalue weighted by Gasteiger charge is -2.37. The fourth-order valence-electron chi connectivity index (χ4n) is 5.46. The summed E-state index contributed by atoms with van der Waals surface area (Å²) >= 11 is 7.53. The molecule has 3 atom stereocenters. The summed E-state index contributed by atoms with van der Waals surface area (Å²) in [6.07, 6.45) is 2.24. The van der Waals surface area contributed by atoms with Crippen LogP contribution in [0, 0.1) is 24.1 Å². The molecule has 186 valence electrons. The van der Waals surface area contributed by atoms with Gasteiger partial charge in [0.15, 0.2) is 6.61 Å². The minimum atomic E-state index is -0.591. The fraction of sp³-hybridized carbons (Fsp3) is 0.462. The van der Waals surface area contributed by atoms with E-state index >= 15 is 0 Å². The van der Waals surface area contributed by atoms with E-state index in [1.807, 2.05) is 11.8 Å². The number of hydrogen-bond acceptors (Lipinski definition) is 5. The second-order valence-electron chi connectivity index (χ2n) is 9.89. The van der Waals surface area contributed by atoms with Crippen LogP contribution in [-0.2, 0) is 9.59 Å². The molecule has 35 heavy (non-hydrogen) atoms. The van der Waals surface area contributed by atoms with E-state index in [1.54, 1.807) is 0 Å². The molecule has 6 rings (SSSR count). The molecule has 9 heteroatoms. The van der Waals surface area contributed by atoms with Gasteiger partial charge in [-0.05, 0) is 49.8 Å². The van der Waals surface area contributed by atoms with Crippen molar-refractivity contribution in [3.05, 3.63) is 64.4 Å². The molecule has 1 saturated heterocycles. The summed E-state index contributed by atoms with van der Waals surface area (Å²) in [4.78, 5) is 25.4. The van der Waals surface area contributed by atoms with Gasteiger partial charge in [-0.3, -0.25) is 14.9 Å². The molecular weight excluding hydrogens is 489 g/mol. The average Bonchev–Trinajstić information content (AvgIpc) is 3.52. The normalized spacial score (nSPS) is 28.9. The molecule has 2 unspecified atom stereocenters. The number of carbonyl (C=O) groups is 2. The number of amides is 2. The zero-order valence-electron chi connectivity index (χ0n) is 19.5. The predicted octanol–water partition coefficient (Wildman–Crippen LogP) is 3.97. The van der Waals surface area contributed by atoms with Crippen molar-refractivity contribution in [2.75, 3.05) is 18.9 Å². The molecule has 2 aromatic rings. The standard InChI is InChI=1S/C26H29ClFN3O3S/c1-15-3-2-4-16(7-15)24-30-18(14-35-24)12-29-25(33)26-9-17(10-26)22(11-26)31-23(32)13-34-19-5-6-20(27)21(28)8-19/h2-8,17-18,22,24,30H,9-14H2,1H3,(H,29,33)(H,31,32)/t17?,18?,22-,24?,26?/m0/s1. The molecule has 0 spiro atoms. The molecular formula is C26H29ClFN3O3S. The lowest BCUT2D eigenvalue weighted by Crippen LogP contribution is -2.48. The van der Waals surface area contributed by atoms with Gasteiger partial charge in [-0.2, -0.15) is 0 Å². The van der Waals surface area contributed by atoms with Crippen LogP contribution in [0.5, 0.6) is 5.75 Å².